The number of rotatable bonds is 11. The van der Waals surface area contributed by atoms with Crippen LogP contribution in [-0.2, 0) is 16.6 Å². The Balaban J connectivity index is 1.31. The molecule has 43 heavy (non-hydrogen) atoms. The normalized spacial score (nSPS) is 11.3. The molecule has 0 bridgehead atoms. The van der Waals surface area contributed by atoms with Gasteiger partial charge < -0.3 is 19.6 Å². The van der Waals surface area contributed by atoms with Gasteiger partial charge in [-0.15, -0.1) is 0 Å². The van der Waals surface area contributed by atoms with Crippen molar-refractivity contribution in [3.05, 3.63) is 125 Å². The number of furan rings is 1. The molecule has 0 atom stereocenters. The SMILES string of the molecule is Cc1cc(C)c(N(Cc2ccccc2)S(=O)(=O)c2ccc(OCCNC(=O)c3cc4ccccc4o3)cc2)c(C(=O)O)c1. The summed E-state index contributed by atoms with van der Waals surface area (Å²) in [5, 5.41) is 13.5. The van der Waals surface area contributed by atoms with Crippen LogP contribution in [0, 0.1) is 13.8 Å². The predicted molar refractivity (Wildman–Crippen MR) is 163 cm³/mol. The van der Waals surface area contributed by atoms with Gasteiger partial charge in [-0.3, -0.25) is 9.10 Å². The zero-order valence-electron chi connectivity index (χ0n) is 23.6. The number of carbonyl (C=O) groups is 2. The fourth-order valence-electron chi connectivity index (χ4n) is 4.84. The average molecular weight is 599 g/mol. The molecule has 220 valence electrons. The van der Waals surface area contributed by atoms with Crippen molar-refractivity contribution in [3.63, 3.8) is 0 Å². The average Bonchev–Trinajstić information content (AvgIpc) is 3.43. The number of hydrogen-bond donors (Lipinski definition) is 2. The van der Waals surface area contributed by atoms with Crippen molar-refractivity contribution in [1.29, 1.82) is 0 Å². The molecule has 5 rings (SSSR count). The van der Waals surface area contributed by atoms with Gasteiger partial charge >= 0.3 is 5.97 Å². The summed E-state index contributed by atoms with van der Waals surface area (Å²) < 4.78 is 40.5. The molecule has 1 aromatic heterocycles. The van der Waals surface area contributed by atoms with Crippen LogP contribution in [0.1, 0.15) is 37.6 Å². The van der Waals surface area contributed by atoms with Crippen molar-refractivity contribution in [2.45, 2.75) is 25.3 Å². The highest BCUT2D eigenvalue weighted by Gasteiger charge is 2.30. The van der Waals surface area contributed by atoms with Crippen LogP contribution < -0.4 is 14.4 Å². The molecule has 0 spiro atoms. The third-order valence-electron chi connectivity index (χ3n) is 6.81. The number of amides is 1. The van der Waals surface area contributed by atoms with Crippen molar-refractivity contribution in [2.24, 2.45) is 0 Å². The van der Waals surface area contributed by atoms with E-state index in [0.717, 1.165) is 9.69 Å². The first-order valence-electron chi connectivity index (χ1n) is 13.5. The summed E-state index contributed by atoms with van der Waals surface area (Å²) in [4.78, 5) is 24.6. The van der Waals surface area contributed by atoms with E-state index < -0.39 is 16.0 Å². The van der Waals surface area contributed by atoms with Crippen molar-refractivity contribution in [3.8, 4) is 5.75 Å². The van der Waals surface area contributed by atoms with Crippen LogP contribution in [0.3, 0.4) is 0 Å². The van der Waals surface area contributed by atoms with Crippen LogP contribution in [0.15, 0.2) is 106 Å². The highest BCUT2D eigenvalue weighted by molar-refractivity contribution is 7.92. The molecule has 0 saturated heterocycles. The number of para-hydroxylation sites is 1. The number of anilines is 1. The second-order valence-corrected chi connectivity index (χ2v) is 11.9. The van der Waals surface area contributed by atoms with Crippen LogP contribution in [0.25, 0.3) is 11.0 Å². The number of nitrogens with one attached hydrogen (secondary N) is 1. The Labute approximate surface area is 249 Å². The summed E-state index contributed by atoms with van der Waals surface area (Å²) in [6.07, 6.45) is 0. The van der Waals surface area contributed by atoms with Crippen LogP contribution in [0.4, 0.5) is 5.69 Å². The molecular weight excluding hydrogens is 568 g/mol. The van der Waals surface area contributed by atoms with Crippen molar-refractivity contribution >= 4 is 38.6 Å². The highest BCUT2D eigenvalue weighted by atomic mass is 32.2. The van der Waals surface area contributed by atoms with E-state index in [1.807, 2.05) is 24.3 Å². The third kappa shape index (κ3) is 6.54. The Bertz CT molecular complexity index is 1850. The first kappa shape index (κ1) is 29.4. The summed E-state index contributed by atoms with van der Waals surface area (Å²) >= 11 is 0. The maximum Gasteiger partial charge on any atom is 0.337 e. The standard InChI is InChI=1S/C33H30N2O7S/c1-22-18-23(2)31(28(19-22)33(37)38)35(21-24-8-4-3-5-9-24)43(39,40)27-14-12-26(13-15-27)41-17-16-34-32(36)30-20-25-10-6-7-11-29(25)42-30/h3-15,18-20H,16-17,21H2,1-2H3,(H,34,36)(H,37,38). The largest absolute Gasteiger partial charge is 0.492 e. The lowest BCUT2D eigenvalue weighted by Crippen LogP contribution is -2.32. The second-order valence-electron chi connectivity index (χ2n) is 10.0. The molecule has 9 nitrogen and oxygen atoms in total. The third-order valence-corrected chi connectivity index (χ3v) is 8.57. The summed E-state index contributed by atoms with van der Waals surface area (Å²) in [6.45, 7) is 3.75. The molecule has 4 aromatic carbocycles. The molecule has 0 aliphatic heterocycles. The van der Waals surface area contributed by atoms with Crippen molar-refractivity contribution < 1.29 is 32.3 Å². The summed E-state index contributed by atoms with van der Waals surface area (Å²) in [7, 11) is -4.19. The van der Waals surface area contributed by atoms with E-state index >= 15 is 0 Å². The minimum absolute atomic E-state index is 0.0229. The number of aryl methyl sites for hydroxylation is 2. The Morgan fingerprint density at radius 1 is 0.907 bits per heavy atom. The van der Waals surface area contributed by atoms with Gasteiger partial charge in [0.15, 0.2) is 5.76 Å². The van der Waals surface area contributed by atoms with Crippen LogP contribution in [0.2, 0.25) is 0 Å². The van der Waals surface area contributed by atoms with Crippen molar-refractivity contribution in [2.75, 3.05) is 17.5 Å². The fraction of sp³-hybridized carbons (Fsp3) is 0.152. The van der Waals surface area contributed by atoms with Gasteiger partial charge in [0.05, 0.1) is 29.2 Å². The number of carboxylic acids is 1. The lowest BCUT2D eigenvalue weighted by Gasteiger charge is -2.28. The zero-order valence-corrected chi connectivity index (χ0v) is 24.4. The molecule has 0 aliphatic carbocycles. The number of hydrogen-bond acceptors (Lipinski definition) is 6. The van der Waals surface area contributed by atoms with E-state index in [2.05, 4.69) is 5.32 Å². The van der Waals surface area contributed by atoms with Gasteiger partial charge in [0.25, 0.3) is 15.9 Å². The Morgan fingerprint density at radius 2 is 1.60 bits per heavy atom. The Hall–Kier alpha value is -5.09. The highest BCUT2D eigenvalue weighted by Crippen LogP contribution is 2.34. The van der Waals surface area contributed by atoms with E-state index in [9.17, 15) is 23.1 Å². The minimum Gasteiger partial charge on any atom is -0.492 e. The van der Waals surface area contributed by atoms with Gasteiger partial charge in [-0.2, -0.15) is 0 Å². The number of ether oxygens (including phenoxy) is 1. The van der Waals surface area contributed by atoms with Crippen LogP contribution in [0.5, 0.6) is 5.75 Å². The lowest BCUT2D eigenvalue weighted by molar-refractivity contribution is 0.0697. The molecule has 0 unspecified atom stereocenters. The molecule has 1 amide bonds. The topological polar surface area (TPSA) is 126 Å². The predicted octanol–water partition coefficient (Wildman–Crippen LogP) is 5.95. The van der Waals surface area contributed by atoms with E-state index in [1.165, 1.54) is 30.3 Å². The molecule has 0 radical (unpaired) electrons. The second kappa shape index (κ2) is 12.4. The van der Waals surface area contributed by atoms with Gasteiger partial charge in [-0.05, 0) is 73.0 Å². The number of carboxylic acid groups (broad SMARTS) is 1. The van der Waals surface area contributed by atoms with Crippen molar-refractivity contribution in [1.82, 2.24) is 5.32 Å². The number of sulfonamides is 1. The Kier molecular flexibility index (Phi) is 8.49. The number of fused-ring (bicyclic) bond motifs is 1. The maximum atomic E-state index is 14.0. The van der Waals surface area contributed by atoms with Crippen LogP contribution in [-0.4, -0.2) is 38.6 Å². The number of benzene rings is 4. The molecular formula is C33H30N2O7S. The van der Waals surface area contributed by atoms with Crippen LogP contribution >= 0.6 is 0 Å². The summed E-state index contributed by atoms with van der Waals surface area (Å²) in [6, 6.07) is 27.1. The van der Waals surface area contributed by atoms with E-state index in [-0.39, 0.29) is 47.5 Å². The lowest BCUT2D eigenvalue weighted by atomic mass is 10.0. The fourth-order valence-corrected chi connectivity index (χ4v) is 6.37. The number of carbonyl (C=O) groups excluding carboxylic acids is 1. The smallest absolute Gasteiger partial charge is 0.337 e. The van der Waals surface area contributed by atoms with Gasteiger partial charge in [0.1, 0.15) is 17.9 Å². The maximum absolute atomic E-state index is 14.0. The summed E-state index contributed by atoms with van der Waals surface area (Å²) in [5.74, 6) is -0.979. The zero-order chi connectivity index (χ0) is 30.6. The van der Waals surface area contributed by atoms with Gasteiger partial charge in [-0.25, -0.2) is 13.2 Å². The van der Waals surface area contributed by atoms with E-state index in [1.54, 1.807) is 56.3 Å². The molecule has 0 saturated carbocycles. The molecule has 0 aliphatic rings. The van der Waals surface area contributed by atoms with Gasteiger partial charge in [-0.1, -0.05) is 54.6 Å². The van der Waals surface area contributed by atoms with Gasteiger partial charge in [0.2, 0.25) is 0 Å². The van der Waals surface area contributed by atoms with Gasteiger partial charge in [0, 0.05) is 5.39 Å². The molecule has 10 heteroatoms. The quantitative estimate of drug-likeness (QED) is 0.180. The monoisotopic (exact) mass is 598 g/mol. The van der Waals surface area contributed by atoms with E-state index in [0.29, 0.717) is 28.0 Å². The molecule has 1 heterocycles. The molecule has 5 aromatic rings. The summed E-state index contributed by atoms with van der Waals surface area (Å²) in [5.41, 5.74) is 2.58. The Morgan fingerprint density at radius 3 is 2.30 bits per heavy atom. The first-order valence-corrected chi connectivity index (χ1v) is 15.0. The number of aromatic carboxylic acids is 1. The minimum atomic E-state index is -4.19. The molecule has 2 N–H and O–H groups in total. The number of nitrogens with zero attached hydrogens (tertiary/aromatic N) is 1. The van der Waals surface area contributed by atoms with E-state index in [4.69, 9.17) is 9.15 Å². The first-order chi connectivity index (χ1) is 20.6. The molecule has 0 fully saturated rings.